The maximum atomic E-state index is 11.4. The summed E-state index contributed by atoms with van der Waals surface area (Å²) >= 11 is 0. The predicted octanol–water partition coefficient (Wildman–Crippen LogP) is 1.41. The van der Waals surface area contributed by atoms with Crippen molar-refractivity contribution in [3.63, 3.8) is 0 Å². The van der Waals surface area contributed by atoms with E-state index in [1.54, 1.807) is 6.92 Å². The third kappa shape index (κ3) is 2.28. The van der Waals surface area contributed by atoms with Gasteiger partial charge in [0, 0.05) is 12.8 Å². The molecule has 1 atom stereocenters. The molecule has 1 aromatic heterocycles. The van der Waals surface area contributed by atoms with Gasteiger partial charge in [-0.1, -0.05) is 12.1 Å². The topological polar surface area (TPSA) is 71.8 Å². The van der Waals surface area contributed by atoms with Crippen molar-refractivity contribution in [3.8, 4) is 0 Å². The maximum absolute atomic E-state index is 11.4. The fourth-order valence-electron chi connectivity index (χ4n) is 1.59. The lowest BCUT2D eigenvalue weighted by molar-refractivity contribution is -0.119. The number of imidazole rings is 1. The Balaban J connectivity index is 2.07. The van der Waals surface area contributed by atoms with Crippen LogP contribution in [0.1, 0.15) is 19.2 Å². The van der Waals surface area contributed by atoms with E-state index in [1.807, 2.05) is 24.3 Å². The first-order chi connectivity index (χ1) is 7.66. The van der Waals surface area contributed by atoms with Crippen LogP contribution in [0.15, 0.2) is 24.3 Å². The number of carbonyl (C=O) groups excluding carboxylic acids is 1. The van der Waals surface area contributed by atoms with Crippen molar-refractivity contribution in [2.24, 2.45) is 5.73 Å². The second kappa shape index (κ2) is 4.45. The molecule has 0 amide bonds. The number of aromatic nitrogens is 2. The smallest absolute Gasteiger partial charge is 0.149 e. The number of aromatic amines is 1. The van der Waals surface area contributed by atoms with E-state index in [-0.39, 0.29) is 11.8 Å². The van der Waals surface area contributed by atoms with E-state index < -0.39 is 0 Å². The Labute approximate surface area is 93.9 Å². The number of ketones is 1. The average Bonchev–Trinajstić information content (AvgIpc) is 2.68. The molecular weight excluding hydrogens is 202 g/mol. The molecule has 2 rings (SSSR count). The number of nitrogens with zero attached hydrogens (tertiary/aromatic N) is 1. The van der Waals surface area contributed by atoms with Crippen LogP contribution in [-0.4, -0.2) is 21.8 Å². The number of hydrogen-bond donors (Lipinski definition) is 2. The van der Waals surface area contributed by atoms with Crippen LogP contribution < -0.4 is 5.73 Å². The Morgan fingerprint density at radius 2 is 2.25 bits per heavy atom. The lowest BCUT2D eigenvalue weighted by Gasteiger charge is -2.01. The molecule has 0 spiro atoms. The molecule has 0 radical (unpaired) electrons. The molecule has 1 aromatic carbocycles. The first-order valence-corrected chi connectivity index (χ1v) is 5.39. The van der Waals surface area contributed by atoms with Crippen LogP contribution in [0.3, 0.4) is 0 Å². The minimum atomic E-state index is -0.385. The van der Waals surface area contributed by atoms with Gasteiger partial charge in [-0.3, -0.25) is 4.79 Å². The minimum absolute atomic E-state index is 0.0699. The van der Waals surface area contributed by atoms with E-state index in [1.165, 1.54) is 0 Å². The Morgan fingerprint density at radius 3 is 2.94 bits per heavy atom. The normalized spacial score (nSPS) is 12.9. The van der Waals surface area contributed by atoms with Gasteiger partial charge in [-0.05, 0) is 19.1 Å². The number of rotatable bonds is 4. The molecule has 0 aliphatic heterocycles. The third-order valence-electron chi connectivity index (χ3n) is 2.55. The van der Waals surface area contributed by atoms with E-state index in [0.717, 1.165) is 16.9 Å². The van der Waals surface area contributed by atoms with Crippen LogP contribution in [0.2, 0.25) is 0 Å². The molecule has 0 saturated carbocycles. The monoisotopic (exact) mass is 217 g/mol. The first kappa shape index (κ1) is 10.8. The van der Waals surface area contributed by atoms with Gasteiger partial charge in [0.2, 0.25) is 0 Å². The highest BCUT2D eigenvalue weighted by molar-refractivity contribution is 5.83. The van der Waals surface area contributed by atoms with Gasteiger partial charge >= 0.3 is 0 Å². The summed E-state index contributed by atoms with van der Waals surface area (Å²) in [7, 11) is 0. The number of H-pyrrole nitrogens is 1. The van der Waals surface area contributed by atoms with Crippen molar-refractivity contribution >= 4 is 16.8 Å². The van der Waals surface area contributed by atoms with Crippen molar-refractivity contribution in [1.82, 2.24) is 9.97 Å². The Morgan fingerprint density at radius 1 is 1.50 bits per heavy atom. The van der Waals surface area contributed by atoms with Gasteiger partial charge in [0.1, 0.15) is 11.6 Å². The summed E-state index contributed by atoms with van der Waals surface area (Å²) in [6.07, 6.45) is 1.06. The van der Waals surface area contributed by atoms with Gasteiger partial charge in [0.25, 0.3) is 0 Å². The third-order valence-corrected chi connectivity index (χ3v) is 2.55. The molecule has 2 aromatic rings. The molecule has 16 heavy (non-hydrogen) atoms. The molecule has 0 saturated heterocycles. The number of fused-ring (bicyclic) bond motifs is 1. The molecule has 1 unspecified atom stereocenters. The van der Waals surface area contributed by atoms with Gasteiger partial charge in [0.05, 0.1) is 17.1 Å². The van der Waals surface area contributed by atoms with Crippen molar-refractivity contribution in [2.75, 3.05) is 0 Å². The summed E-state index contributed by atoms with van der Waals surface area (Å²) in [5.41, 5.74) is 7.44. The highest BCUT2D eigenvalue weighted by Gasteiger charge is 2.09. The van der Waals surface area contributed by atoms with E-state index in [9.17, 15) is 4.79 Å². The molecule has 4 nitrogen and oxygen atoms in total. The number of benzene rings is 1. The predicted molar refractivity (Wildman–Crippen MR) is 63.1 cm³/mol. The van der Waals surface area contributed by atoms with Gasteiger partial charge in [-0.15, -0.1) is 0 Å². The number of nitrogens with one attached hydrogen (secondary N) is 1. The maximum Gasteiger partial charge on any atom is 0.149 e. The Hall–Kier alpha value is -1.68. The number of hydrogen-bond acceptors (Lipinski definition) is 3. The molecule has 0 bridgehead atoms. The van der Waals surface area contributed by atoms with Gasteiger partial charge in [-0.25, -0.2) is 4.98 Å². The SMILES string of the molecule is CC(N)C(=O)CCc1nc2ccccc2[nH]1. The number of aryl methyl sites for hydroxylation is 1. The summed E-state index contributed by atoms with van der Waals surface area (Å²) in [5, 5.41) is 0. The summed E-state index contributed by atoms with van der Waals surface area (Å²) < 4.78 is 0. The van der Waals surface area contributed by atoms with Crippen LogP contribution in [0.5, 0.6) is 0 Å². The second-order valence-corrected chi connectivity index (χ2v) is 3.96. The standard InChI is InChI=1S/C12H15N3O/c1-8(13)11(16)6-7-12-14-9-4-2-3-5-10(9)15-12/h2-5,8H,6-7,13H2,1H3,(H,14,15). The lowest BCUT2D eigenvalue weighted by atomic mass is 10.1. The van der Waals surface area contributed by atoms with Crippen LogP contribution in [-0.2, 0) is 11.2 Å². The summed E-state index contributed by atoms with van der Waals surface area (Å²) in [4.78, 5) is 18.9. The van der Waals surface area contributed by atoms with Crippen molar-refractivity contribution < 1.29 is 4.79 Å². The number of carbonyl (C=O) groups is 1. The van der Waals surface area contributed by atoms with Crippen LogP contribution in [0.4, 0.5) is 0 Å². The van der Waals surface area contributed by atoms with E-state index in [0.29, 0.717) is 12.8 Å². The van der Waals surface area contributed by atoms with Crippen molar-refractivity contribution in [2.45, 2.75) is 25.8 Å². The quantitative estimate of drug-likeness (QED) is 0.813. The molecular formula is C12H15N3O. The molecule has 3 N–H and O–H groups in total. The summed E-state index contributed by atoms with van der Waals surface area (Å²) in [5.74, 6) is 0.913. The number of Topliss-reactive ketones (excluding diaryl/α,β-unsaturated/α-hetero) is 1. The fourth-order valence-corrected chi connectivity index (χ4v) is 1.59. The Bertz CT molecular complexity index is 469. The van der Waals surface area contributed by atoms with E-state index in [2.05, 4.69) is 9.97 Å². The van der Waals surface area contributed by atoms with Gasteiger partial charge in [-0.2, -0.15) is 0 Å². The van der Waals surface area contributed by atoms with Gasteiger partial charge < -0.3 is 10.7 Å². The lowest BCUT2D eigenvalue weighted by Crippen LogP contribution is -2.26. The highest BCUT2D eigenvalue weighted by Crippen LogP contribution is 2.11. The largest absolute Gasteiger partial charge is 0.342 e. The zero-order valence-electron chi connectivity index (χ0n) is 9.23. The van der Waals surface area contributed by atoms with Crippen molar-refractivity contribution in [3.05, 3.63) is 30.1 Å². The van der Waals surface area contributed by atoms with Crippen LogP contribution >= 0.6 is 0 Å². The second-order valence-electron chi connectivity index (χ2n) is 3.96. The van der Waals surface area contributed by atoms with Gasteiger partial charge in [0.15, 0.2) is 0 Å². The van der Waals surface area contributed by atoms with Crippen LogP contribution in [0.25, 0.3) is 11.0 Å². The summed E-state index contributed by atoms with van der Waals surface area (Å²) in [6.45, 7) is 1.71. The van der Waals surface area contributed by atoms with E-state index >= 15 is 0 Å². The van der Waals surface area contributed by atoms with E-state index in [4.69, 9.17) is 5.73 Å². The zero-order valence-corrected chi connectivity index (χ0v) is 9.23. The first-order valence-electron chi connectivity index (χ1n) is 5.39. The fraction of sp³-hybridized carbons (Fsp3) is 0.333. The minimum Gasteiger partial charge on any atom is -0.342 e. The molecule has 0 aliphatic rings. The summed E-state index contributed by atoms with van der Waals surface area (Å²) in [6, 6.07) is 7.43. The Kier molecular flexibility index (Phi) is 3.01. The van der Waals surface area contributed by atoms with Crippen LogP contribution in [0, 0.1) is 0 Å². The average molecular weight is 217 g/mol. The molecule has 0 fully saturated rings. The molecule has 0 aliphatic carbocycles. The highest BCUT2D eigenvalue weighted by atomic mass is 16.1. The van der Waals surface area contributed by atoms with Crippen molar-refractivity contribution in [1.29, 1.82) is 0 Å². The number of para-hydroxylation sites is 2. The zero-order chi connectivity index (χ0) is 11.5. The number of nitrogens with two attached hydrogens (primary N) is 1. The molecule has 84 valence electrons. The molecule has 4 heteroatoms. The molecule has 1 heterocycles.